The van der Waals surface area contributed by atoms with E-state index in [1.165, 1.54) is 5.56 Å². The molecule has 0 radical (unpaired) electrons. The van der Waals surface area contributed by atoms with E-state index < -0.39 is 0 Å². The number of terminal acetylenes is 2. The molecule has 0 N–H and O–H groups in total. The zero-order valence-corrected chi connectivity index (χ0v) is 9.42. The van der Waals surface area contributed by atoms with Gasteiger partial charge >= 0.3 is 0 Å². The fourth-order valence-corrected chi connectivity index (χ4v) is 2.17. The Morgan fingerprint density at radius 3 is 2.47 bits per heavy atom. The Balaban J connectivity index is 3.06. The molecule has 0 bridgehead atoms. The number of allylic oxidation sites excluding steroid dienone is 1. The van der Waals surface area contributed by atoms with Crippen molar-refractivity contribution in [2.75, 3.05) is 6.26 Å². The number of hydrogen-bond donors (Lipinski definition) is 0. The average Bonchev–Trinajstić information content (AvgIpc) is 2.30. The second-order valence-corrected chi connectivity index (χ2v) is 3.88. The van der Waals surface area contributed by atoms with Crippen LogP contribution in [-0.2, 0) is 0 Å². The molecule has 0 heterocycles. The lowest BCUT2D eigenvalue weighted by Crippen LogP contribution is -1.96. The molecule has 0 nitrogen and oxygen atoms in total. The van der Waals surface area contributed by atoms with Crippen LogP contribution in [0.15, 0.2) is 42.0 Å². The van der Waals surface area contributed by atoms with Gasteiger partial charge in [-0.1, -0.05) is 42.2 Å². The largest absolute Gasteiger partial charge is 0.152 e. The summed E-state index contributed by atoms with van der Waals surface area (Å²) in [6.45, 7) is 0. The lowest BCUT2D eigenvalue weighted by Gasteiger charge is -2.13. The molecule has 0 spiro atoms. The molecule has 1 rings (SSSR count). The van der Waals surface area contributed by atoms with Crippen LogP contribution in [0, 0.1) is 24.7 Å². The van der Waals surface area contributed by atoms with Gasteiger partial charge in [-0.3, -0.25) is 0 Å². The highest BCUT2D eigenvalue weighted by atomic mass is 32.2. The molecule has 1 aromatic rings. The standard InChI is InChI=1S/C14H12S/c1-4-9-12(5-2)14(15-3)13-10-7-6-8-11-13/h1-2,6-11,14H,3H3/b12-9+. The molecule has 0 aliphatic heterocycles. The van der Waals surface area contributed by atoms with Crippen molar-refractivity contribution in [2.45, 2.75) is 5.25 Å². The molecular weight excluding hydrogens is 200 g/mol. The maximum atomic E-state index is 5.45. The summed E-state index contributed by atoms with van der Waals surface area (Å²) in [5.74, 6) is 5.14. The van der Waals surface area contributed by atoms with Gasteiger partial charge in [0.2, 0.25) is 0 Å². The molecule has 0 amide bonds. The van der Waals surface area contributed by atoms with Crippen LogP contribution in [0.4, 0.5) is 0 Å². The topological polar surface area (TPSA) is 0 Å². The van der Waals surface area contributed by atoms with Gasteiger partial charge in [-0.15, -0.1) is 12.8 Å². The quantitative estimate of drug-likeness (QED) is 0.693. The van der Waals surface area contributed by atoms with Gasteiger partial charge < -0.3 is 0 Å². The second kappa shape index (κ2) is 6.02. The minimum atomic E-state index is 0.159. The second-order valence-electron chi connectivity index (χ2n) is 2.94. The number of rotatable bonds is 3. The number of benzene rings is 1. The van der Waals surface area contributed by atoms with Crippen molar-refractivity contribution in [3.05, 3.63) is 47.5 Å². The molecule has 0 aliphatic carbocycles. The van der Waals surface area contributed by atoms with Crippen LogP contribution >= 0.6 is 11.8 Å². The van der Waals surface area contributed by atoms with Gasteiger partial charge in [0, 0.05) is 11.6 Å². The van der Waals surface area contributed by atoms with Crippen molar-refractivity contribution < 1.29 is 0 Å². The predicted octanol–water partition coefficient (Wildman–Crippen LogP) is 3.28. The first-order valence-corrected chi connectivity index (χ1v) is 5.82. The Labute approximate surface area is 95.8 Å². The van der Waals surface area contributed by atoms with Crippen LogP contribution in [0.1, 0.15) is 10.8 Å². The molecule has 0 fully saturated rings. The minimum Gasteiger partial charge on any atom is -0.152 e. The lowest BCUT2D eigenvalue weighted by molar-refractivity contribution is 1.18. The van der Waals surface area contributed by atoms with E-state index in [1.54, 1.807) is 17.8 Å². The van der Waals surface area contributed by atoms with Gasteiger partial charge in [0.25, 0.3) is 0 Å². The van der Waals surface area contributed by atoms with Gasteiger partial charge in [0.05, 0.1) is 5.25 Å². The van der Waals surface area contributed by atoms with Gasteiger partial charge in [0.15, 0.2) is 0 Å². The summed E-state index contributed by atoms with van der Waals surface area (Å²) in [6, 6.07) is 10.1. The highest BCUT2D eigenvalue weighted by Gasteiger charge is 2.12. The average molecular weight is 212 g/mol. The van der Waals surface area contributed by atoms with E-state index in [-0.39, 0.29) is 5.25 Å². The molecule has 1 unspecified atom stereocenters. The van der Waals surface area contributed by atoms with Crippen molar-refractivity contribution in [3.8, 4) is 24.7 Å². The van der Waals surface area contributed by atoms with E-state index in [4.69, 9.17) is 12.8 Å². The van der Waals surface area contributed by atoms with E-state index in [0.717, 1.165) is 5.57 Å². The zero-order chi connectivity index (χ0) is 11.1. The third-order valence-corrected chi connectivity index (χ3v) is 3.02. The summed E-state index contributed by atoms with van der Waals surface area (Å²) in [4.78, 5) is 0. The summed E-state index contributed by atoms with van der Waals surface area (Å²) < 4.78 is 0. The predicted molar refractivity (Wildman–Crippen MR) is 68.4 cm³/mol. The Bertz CT molecular complexity index is 415. The van der Waals surface area contributed by atoms with Crippen LogP contribution in [0.5, 0.6) is 0 Å². The van der Waals surface area contributed by atoms with Crippen molar-refractivity contribution in [2.24, 2.45) is 0 Å². The van der Waals surface area contributed by atoms with Crippen LogP contribution < -0.4 is 0 Å². The highest BCUT2D eigenvalue weighted by molar-refractivity contribution is 7.99. The van der Waals surface area contributed by atoms with Crippen molar-refractivity contribution >= 4 is 11.8 Å². The van der Waals surface area contributed by atoms with Crippen LogP contribution in [0.25, 0.3) is 0 Å². The molecule has 0 aromatic heterocycles. The van der Waals surface area contributed by atoms with Crippen LogP contribution in [0.2, 0.25) is 0 Å². The Morgan fingerprint density at radius 2 is 2.00 bits per heavy atom. The number of thioether (sulfide) groups is 1. The summed E-state index contributed by atoms with van der Waals surface area (Å²) in [7, 11) is 0. The first-order chi connectivity index (χ1) is 7.33. The molecule has 0 saturated heterocycles. The van der Waals surface area contributed by atoms with E-state index >= 15 is 0 Å². The van der Waals surface area contributed by atoms with Crippen LogP contribution in [0.3, 0.4) is 0 Å². The molecular formula is C14H12S. The first kappa shape index (κ1) is 11.5. The fourth-order valence-electron chi connectivity index (χ4n) is 1.35. The van der Waals surface area contributed by atoms with E-state index in [0.29, 0.717) is 0 Å². The van der Waals surface area contributed by atoms with E-state index in [1.807, 2.05) is 24.5 Å². The Kier molecular flexibility index (Phi) is 4.61. The van der Waals surface area contributed by atoms with Gasteiger partial charge in [-0.25, -0.2) is 0 Å². The Hall–Kier alpha value is -1.57. The summed E-state index contributed by atoms with van der Waals surface area (Å²) in [5, 5.41) is 0.159. The minimum absolute atomic E-state index is 0.159. The molecule has 74 valence electrons. The first-order valence-electron chi connectivity index (χ1n) is 4.54. The van der Waals surface area contributed by atoms with Crippen LogP contribution in [-0.4, -0.2) is 6.26 Å². The SMILES string of the molecule is C#C/C=C(\C#C)C(SC)c1ccccc1. The molecule has 0 saturated carbocycles. The van der Waals surface area contributed by atoms with Crippen molar-refractivity contribution in [1.29, 1.82) is 0 Å². The summed E-state index contributed by atoms with van der Waals surface area (Å²) in [6.07, 6.45) is 14.4. The molecule has 15 heavy (non-hydrogen) atoms. The summed E-state index contributed by atoms with van der Waals surface area (Å²) in [5.41, 5.74) is 2.03. The third kappa shape index (κ3) is 2.94. The molecule has 1 aromatic carbocycles. The van der Waals surface area contributed by atoms with E-state index in [2.05, 4.69) is 24.0 Å². The lowest BCUT2D eigenvalue weighted by atomic mass is 10.0. The zero-order valence-electron chi connectivity index (χ0n) is 8.60. The van der Waals surface area contributed by atoms with Crippen molar-refractivity contribution in [3.63, 3.8) is 0 Å². The smallest absolute Gasteiger partial charge is 0.0629 e. The molecule has 0 aliphatic rings. The van der Waals surface area contributed by atoms with Gasteiger partial charge in [0.1, 0.15) is 0 Å². The monoisotopic (exact) mass is 212 g/mol. The maximum Gasteiger partial charge on any atom is 0.0629 e. The molecule has 1 heteroatoms. The summed E-state index contributed by atoms with van der Waals surface area (Å²) >= 11 is 1.69. The fraction of sp³-hybridized carbons (Fsp3) is 0.143. The maximum absolute atomic E-state index is 5.45. The van der Waals surface area contributed by atoms with Gasteiger partial charge in [-0.2, -0.15) is 11.8 Å². The third-order valence-electron chi connectivity index (χ3n) is 2.03. The van der Waals surface area contributed by atoms with E-state index in [9.17, 15) is 0 Å². The Morgan fingerprint density at radius 1 is 1.33 bits per heavy atom. The normalized spacial score (nSPS) is 12.6. The molecule has 1 atom stereocenters. The number of hydrogen-bond acceptors (Lipinski definition) is 1. The van der Waals surface area contributed by atoms with Gasteiger partial charge in [-0.05, 0) is 11.8 Å². The highest BCUT2D eigenvalue weighted by Crippen LogP contribution is 2.33. The van der Waals surface area contributed by atoms with Crippen molar-refractivity contribution in [1.82, 2.24) is 0 Å².